The molecule has 0 aliphatic heterocycles. The van der Waals surface area contributed by atoms with Crippen LogP contribution >= 0.6 is 15.9 Å². The maximum atomic E-state index is 12.4. The van der Waals surface area contributed by atoms with Gasteiger partial charge in [0.1, 0.15) is 5.58 Å². The summed E-state index contributed by atoms with van der Waals surface area (Å²) in [5, 5.41) is 0.951. The number of halogens is 1. The molecule has 0 atom stereocenters. The smallest absolute Gasteiger partial charge is 0.228 e. The van der Waals surface area contributed by atoms with E-state index < -0.39 is 0 Å². The van der Waals surface area contributed by atoms with Gasteiger partial charge in [0.2, 0.25) is 5.78 Å². The molecule has 3 rings (SSSR count). The summed E-state index contributed by atoms with van der Waals surface area (Å²) >= 11 is 3.42. The van der Waals surface area contributed by atoms with Crippen molar-refractivity contribution in [3.05, 3.63) is 64.1 Å². The van der Waals surface area contributed by atoms with Crippen molar-refractivity contribution in [2.24, 2.45) is 0 Å². The number of carbonyl (C=O) groups excluding carboxylic acids is 1. The fourth-order valence-corrected chi connectivity index (χ4v) is 2.41. The highest BCUT2D eigenvalue weighted by molar-refractivity contribution is 9.10. The first-order chi connectivity index (χ1) is 9.16. The predicted molar refractivity (Wildman–Crippen MR) is 76.3 cm³/mol. The molecule has 0 saturated heterocycles. The monoisotopic (exact) mass is 315 g/mol. The molecule has 19 heavy (non-hydrogen) atoms. The number of carbonyl (C=O) groups is 1. The van der Waals surface area contributed by atoms with E-state index in [4.69, 9.17) is 4.42 Å². The predicted octanol–water partition coefficient (Wildman–Crippen LogP) is 4.13. The van der Waals surface area contributed by atoms with Crippen molar-refractivity contribution in [2.45, 2.75) is 6.92 Å². The summed E-state index contributed by atoms with van der Waals surface area (Å²) in [7, 11) is 0. The lowest BCUT2D eigenvalue weighted by atomic mass is 10.1. The van der Waals surface area contributed by atoms with Gasteiger partial charge in [-0.3, -0.25) is 9.78 Å². The van der Waals surface area contributed by atoms with Crippen LogP contribution in [-0.2, 0) is 0 Å². The number of aryl methyl sites for hydroxylation is 1. The molecule has 2 aromatic heterocycles. The summed E-state index contributed by atoms with van der Waals surface area (Å²) in [6.45, 7) is 1.90. The van der Waals surface area contributed by atoms with E-state index in [0.29, 0.717) is 11.3 Å². The van der Waals surface area contributed by atoms with Crippen LogP contribution in [0.3, 0.4) is 0 Å². The quantitative estimate of drug-likeness (QED) is 0.668. The third-order valence-electron chi connectivity index (χ3n) is 3.05. The van der Waals surface area contributed by atoms with E-state index in [-0.39, 0.29) is 5.78 Å². The Morgan fingerprint density at radius 2 is 1.95 bits per heavy atom. The van der Waals surface area contributed by atoms with Gasteiger partial charge < -0.3 is 4.42 Å². The lowest BCUT2D eigenvalue weighted by Gasteiger charge is -1.97. The molecule has 0 unspecified atom stereocenters. The van der Waals surface area contributed by atoms with E-state index in [1.54, 1.807) is 24.5 Å². The van der Waals surface area contributed by atoms with Crippen molar-refractivity contribution in [3.8, 4) is 0 Å². The van der Waals surface area contributed by atoms with E-state index in [1.807, 2.05) is 25.1 Å². The van der Waals surface area contributed by atoms with Crippen molar-refractivity contribution in [2.75, 3.05) is 0 Å². The summed E-state index contributed by atoms with van der Waals surface area (Å²) in [5.41, 5.74) is 2.16. The average Bonchev–Trinajstić information content (AvgIpc) is 2.76. The molecule has 94 valence electrons. The Kier molecular flexibility index (Phi) is 2.95. The molecule has 2 heterocycles. The lowest BCUT2D eigenvalue weighted by Crippen LogP contribution is -2.01. The minimum Gasteiger partial charge on any atom is -0.452 e. The summed E-state index contributed by atoms with van der Waals surface area (Å²) < 4.78 is 6.64. The largest absolute Gasteiger partial charge is 0.452 e. The van der Waals surface area contributed by atoms with Gasteiger partial charge in [-0.2, -0.15) is 0 Å². The first-order valence-corrected chi connectivity index (χ1v) is 6.59. The van der Waals surface area contributed by atoms with E-state index in [9.17, 15) is 4.79 Å². The van der Waals surface area contributed by atoms with Crippen molar-refractivity contribution >= 4 is 32.7 Å². The van der Waals surface area contributed by atoms with E-state index >= 15 is 0 Å². The fourth-order valence-electron chi connectivity index (χ4n) is 2.04. The minimum absolute atomic E-state index is 0.118. The molecule has 0 radical (unpaired) electrons. The van der Waals surface area contributed by atoms with Crippen LogP contribution in [0.5, 0.6) is 0 Å². The van der Waals surface area contributed by atoms with Crippen LogP contribution in [0.2, 0.25) is 0 Å². The van der Waals surface area contributed by atoms with E-state index in [0.717, 1.165) is 21.0 Å². The summed E-state index contributed by atoms with van der Waals surface area (Å²) in [6.07, 6.45) is 3.20. The van der Waals surface area contributed by atoms with Crippen LogP contribution < -0.4 is 0 Å². The van der Waals surface area contributed by atoms with Crippen LogP contribution in [0.25, 0.3) is 11.0 Å². The van der Waals surface area contributed by atoms with Crippen molar-refractivity contribution in [1.82, 2.24) is 4.98 Å². The second-order valence-electron chi connectivity index (χ2n) is 4.26. The number of benzene rings is 1. The van der Waals surface area contributed by atoms with Gasteiger partial charge in [0.25, 0.3) is 0 Å². The Bertz CT molecular complexity index is 762. The SMILES string of the molecule is Cc1c(C(=O)c2ccncc2)oc2ccc(Br)cc12. The second kappa shape index (κ2) is 4.63. The van der Waals surface area contributed by atoms with Crippen molar-refractivity contribution < 1.29 is 9.21 Å². The van der Waals surface area contributed by atoms with Crippen molar-refractivity contribution in [1.29, 1.82) is 0 Å². The Morgan fingerprint density at radius 1 is 1.21 bits per heavy atom. The number of pyridine rings is 1. The fraction of sp³-hybridized carbons (Fsp3) is 0.0667. The minimum atomic E-state index is -0.118. The first kappa shape index (κ1) is 12.1. The highest BCUT2D eigenvalue weighted by Crippen LogP contribution is 2.29. The normalized spacial score (nSPS) is 10.8. The molecular weight excluding hydrogens is 306 g/mol. The summed E-state index contributed by atoms with van der Waals surface area (Å²) in [5.74, 6) is 0.270. The van der Waals surface area contributed by atoms with Gasteiger partial charge in [-0.1, -0.05) is 15.9 Å². The number of furan rings is 1. The molecule has 0 bridgehead atoms. The first-order valence-electron chi connectivity index (χ1n) is 5.80. The molecular formula is C15H10BrNO2. The Morgan fingerprint density at radius 3 is 2.68 bits per heavy atom. The molecule has 4 heteroatoms. The van der Waals surface area contributed by atoms with Gasteiger partial charge in [-0.15, -0.1) is 0 Å². The third-order valence-corrected chi connectivity index (χ3v) is 3.54. The second-order valence-corrected chi connectivity index (χ2v) is 5.18. The number of aromatic nitrogens is 1. The maximum absolute atomic E-state index is 12.4. The molecule has 0 N–H and O–H groups in total. The van der Waals surface area contributed by atoms with Crippen LogP contribution in [0.15, 0.2) is 51.6 Å². The maximum Gasteiger partial charge on any atom is 0.228 e. The van der Waals surface area contributed by atoms with Gasteiger partial charge in [0.05, 0.1) is 0 Å². The van der Waals surface area contributed by atoms with Crippen LogP contribution in [0.4, 0.5) is 0 Å². The lowest BCUT2D eigenvalue weighted by molar-refractivity contribution is 0.101. The Balaban J connectivity index is 2.16. The molecule has 0 aliphatic rings. The Labute approximate surface area is 118 Å². The third kappa shape index (κ3) is 2.08. The topological polar surface area (TPSA) is 43.1 Å². The molecule has 0 saturated carbocycles. The zero-order chi connectivity index (χ0) is 13.4. The zero-order valence-corrected chi connectivity index (χ0v) is 11.8. The number of hydrogen-bond donors (Lipinski definition) is 0. The highest BCUT2D eigenvalue weighted by atomic mass is 79.9. The van der Waals surface area contributed by atoms with Gasteiger partial charge in [0.15, 0.2) is 5.76 Å². The zero-order valence-electron chi connectivity index (χ0n) is 10.2. The van der Waals surface area contributed by atoms with Gasteiger partial charge in [-0.25, -0.2) is 0 Å². The van der Waals surface area contributed by atoms with Gasteiger partial charge in [0, 0.05) is 33.4 Å². The van der Waals surface area contributed by atoms with Gasteiger partial charge >= 0.3 is 0 Å². The number of nitrogens with zero attached hydrogens (tertiary/aromatic N) is 1. The highest BCUT2D eigenvalue weighted by Gasteiger charge is 2.19. The van der Waals surface area contributed by atoms with Crippen LogP contribution in [-0.4, -0.2) is 10.8 Å². The molecule has 0 aliphatic carbocycles. The van der Waals surface area contributed by atoms with Gasteiger partial charge in [-0.05, 0) is 37.3 Å². The molecule has 0 fully saturated rings. The number of ketones is 1. The molecule has 0 amide bonds. The number of rotatable bonds is 2. The molecule has 3 nitrogen and oxygen atoms in total. The van der Waals surface area contributed by atoms with Crippen LogP contribution in [0, 0.1) is 6.92 Å². The standard InChI is InChI=1S/C15H10BrNO2/c1-9-12-8-11(16)2-3-13(12)19-15(9)14(18)10-4-6-17-7-5-10/h2-8H,1H3. The molecule has 3 aromatic rings. The van der Waals surface area contributed by atoms with Crippen molar-refractivity contribution in [3.63, 3.8) is 0 Å². The average molecular weight is 316 g/mol. The van der Waals surface area contributed by atoms with E-state index in [2.05, 4.69) is 20.9 Å². The molecule has 1 aromatic carbocycles. The number of fused-ring (bicyclic) bond motifs is 1. The summed E-state index contributed by atoms with van der Waals surface area (Å²) in [6, 6.07) is 9.08. The van der Waals surface area contributed by atoms with E-state index in [1.165, 1.54) is 0 Å². The molecule has 0 spiro atoms. The Hall–Kier alpha value is -1.94. The summed E-state index contributed by atoms with van der Waals surface area (Å²) in [4.78, 5) is 16.3. The van der Waals surface area contributed by atoms with Crippen LogP contribution in [0.1, 0.15) is 21.7 Å². The number of hydrogen-bond acceptors (Lipinski definition) is 3.